The van der Waals surface area contributed by atoms with Crippen LogP contribution in [0.15, 0.2) is 24.3 Å². The fraction of sp³-hybridized carbons (Fsp3) is 0.556. The van der Waals surface area contributed by atoms with Crippen LogP contribution in [-0.4, -0.2) is 49.5 Å². The summed E-state index contributed by atoms with van der Waals surface area (Å²) >= 11 is 0. The van der Waals surface area contributed by atoms with Gasteiger partial charge >= 0.3 is 0 Å². The molecule has 2 atom stereocenters. The quantitative estimate of drug-likeness (QED) is 0.749. The van der Waals surface area contributed by atoms with Gasteiger partial charge in [0.1, 0.15) is 5.75 Å². The van der Waals surface area contributed by atoms with Crippen LogP contribution >= 0.6 is 0 Å². The minimum Gasteiger partial charge on any atom is -0.497 e. The van der Waals surface area contributed by atoms with E-state index in [0.29, 0.717) is 19.6 Å². The third kappa shape index (κ3) is 4.96. The van der Waals surface area contributed by atoms with Gasteiger partial charge in [-0.15, -0.1) is 0 Å². The minimum absolute atomic E-state index is 0.0331. The van der Waals surface area contributed by atoms with E-state index in [2.05, 4.69) is 10.6 Å². The molecule has 0 radical (unpaired) electrons. The highest BCUT2D eigenvalue weighted by atomic mass is 16.5. The van der Waals surface area contributed by atoms with Gasteiger partial charge in [-0.05, 0) is 31.2 Å². The summed E-state index contributed by atoms with van der Waals surface area (Å²) in [7, 11) is 1.62. The fourth-order valence-electron chi connectivity index (χ4n) is 2.87. The van der Waals surface area contributed by atoms with Gasteiger partial charge in [0.15, 0.2) is 0 Å². The normalized spacial score (nSPS) is 18.5. The van der Waals surface area contributed by atoms with Crippen LogP contribution < -0.4 is 15.4 Å². The lowest BCUT2D eigenvalue weighted by molar-refractivity contribution is -0.129. The molecule has 0 spiro atoms. The predicted molar refractivity (Wildman–Crippen MR) is 92.7 cm³/mol. The summed E-state index contributed by atoms with van der Waals surface area (Å²) in [5.41, 5.74) is 1.03. The first-order chi connectivity index (χ1) is 11.5. The topological polar surface area (TPSA) is 70.7 Å². The van der Waals surface area contributed by atoms with E-state index in [-0.39, 0.29) is 30.2 Å². The Kier molecular flexibility index (Phi) is 6.61. The minimum atomic E-state index is -0.260. The van der Waals surface area contributed by atoms with Gasteiger partial charge in [-0.25, -0.2) is 0 Å². The molecule has 1 aliphatic rings. The van der Waals surface area contributed by atoms with E-state index in [1.165, 1.54) is 0 Å². The Morgan fingerprint density at radius 3 is 2.71 bits per heavy atom. The Morgan fingerprint density at radius 2 is 2.08 bits per heavy atom. The van der Waals surface area contributed by atoms with Gasteiger partial charge in [0.25, 0.3) is 0 Å². The maximum absolute atomic E-state index is 12.2. The zero-order chi connectivity index (χ0) is 17.5. The van der Waals surface area contributed by atoms with Crippen LogP contribution in [0.1, 0.15) is 25.8 Å². The van der Waals surface area contributed by atoms with Crippen LogP contribution in [0.3, 0.4) is 0 Å². The molecule has 1 saturated heterocycles. The molecule has 1 heterocycles. The van der Waals surface area contributed by atoms with Crippen molar-refractivity contribution in [3.8, 4) is 5.75 Å². The lowest BCUT2D eigenvalue weighted by Crippen LogP contribution is -2.41. The molecule has 0 saturated carbocycles. The maximum atomic E-state index is 12.2. The summed E-state index contributed by atoms with van der Waals surface area (Å²) in [6, 6.07) is 7.87. The standard InChI is InChI=1S/C18H27N3O3/c1-4-19-13(2)10-20-18(23)15-9-17(22)21(12-15)11-14-5-7-16(24-3)8-6-14/h5-8,13,15,19H,4,9-12H2,1-3H3,(H,20,23)/t13-,15?/m1/s1. The van der Waals surface area contributed by atoms with E-state index in [1.807, 2.05) is 38.1 Å². The first-order valence-corrected chi connectivity index (χ1v) is 8.45. The molecule has 1 aliphatic heterocycles. The highest BCUT2D eigenvalue weighted by Gasteiger charge is 2.34. The molecule has 2 N–H and O–H groups in total. The van der Waals surface area contributed by atoms with Gasteiger partial charge in [0.05, 0.1) is 13.0 Å². The van der Waals surface area contributed by atoms with Gasteiger partial charge < -0.3 is 20.3 Å². The van der Waals surface area contributed by atoms with Crippen molar-refractivity contribution in [1.82, 2.24) is 15.5 Å². The number of likely N-dealkylation sites (tertiary alicyclic amines) is 1. The van der Waals surface area contributed by atoms with Gasteiger partial charge in [0, 0.05) is 32.1 Å². The van der Waals surface area contributed by atoms with Crippen molar-refractivity contribution >= 4 is 11.8 Å². The average Bonchev–Trinajstić information content (AvgIpc) is 2.94. The number of rotatable bonds is 8. The second kappa shape index (κ2) is 8.68. The molecule has 0 bridgehead atoms. The molecular formula is C18H27N3O3. The van der Waals surface area contributed by atoms with Crippen molar-refractivity contribution in [2.24, 2.45) is 5.92 Å². The van der Waals surface area contributed by atoms with Crippen LogP contribution in [0.25, 0.3) is 0 Å². The van der Waals surface area contributed by atoms with Crippen molar-refractivity contribution in [1.29, 1.82) is 0 Å². The highest BCUT2D eigenvalue weighted by Crippen LogP contribution is 2.21. The number of benzene rings is 1. The van der Waals surface area contributed by atoms with E-state index < -0.39 is 0 Å². The molecule has 0 aliphatic carbocycles. The molecule has 1 unspecified atom stereocenters. The molecule has 1 fully saturated rings. The maximum Gasteiger partial charge on any atom is 0.225 e. The Bertz CT molecular complexity index is 559. The molecule has 6 heteroatoms. The van der Waals surface area contributed by atoms with Crippen molar-refractivity contribution in [3.05, 3.63) is 29.8 Å². The molecular weight excluding hydrogens is 306 g/mol. The van der Waals surface area contributed by atoms with Crippen molar-refractivity contribution in [2.45, 2.75) is 32.9 Å². The Balaban J connectivity index is 1.84. The lowest BCUT2D eigenvalue weighted by atomic mass is 10.1. The van der Waals surface area contributed by atoms with Crippen LogP contribution in [-0.2, 0) is 16.1 Å². The second-order valence-corrected chi connectivity index (χ2v) is 6.23. The number of likely N-dealkylation sites (N-methyl/N-ethyl adjacent to an activating group) is 1. The second-order valence-electron chi connectivity index (χ2n) is 6.23. The third-order valence-corrected chi connectivity index (χ3v) is 4.25. The molecule has 132 valence electrons. The number of nitrogens with zero attached hydrogens (tertiary/aromatic N) is 1. The smallest absolute Gasteiger partial charge is 0.225 e. The van der Waals surface area contributed by atoms with Gasteiger partial charge in [0.2, 0.25) is 11.8 Å². The van der Waals surface area contributed by atoms with E-state index in [4.69, 9.17) is 4.74 Å². The number of amides is 2. The van der Waals surface area contributed by atoms with Gasteiger partial charge in [-0.2, -0.15) is 0 Å². The number of methoxy groups -OCH3 is 1. The van der Waals surface area contributed by atoms with E-state index in [0.717, 1.165) is 17.9 Å². The molecule has 2 amide bonds. The van der Waals surface area contributed by atoms with Gasteiger partial charge in [-0.1, -0.05) is 19.1 Å². The van der Waals surface area contributed by atoms with Crippen LogP contribution in [0.5, 0.6) is 5.75 Å². The van der Waals surface area contributed by atoms with Crippen LogP contribution in [0.4, 0.5) is 0 Å². The lowest BCUT2D eigenvalue weighted by Gasteiger charge is -2.18. The summed E-state index contributed by atoms with van der Waals surface area (Å²) in [6.45, 7) is 6.52. The number of carbonyl (C=O) groups excluding carboxylic acids is 2. The summed E-state index contributed by atoms with van der Waals surface area (Å²) in [6.07, 6.45) is 0.289. The SMILES string of the molecule is CCN[C@H](C)CNC(=O)C1CC(=O)N(Cc2ccc(OC)cc2)C1. The van der Waals surface area contributed by atoms with E-state index in [9.17, 15) is 9.59 Å². The summed E-state index contributed by atoms with van der Waals surface area (Å²) < 4.78 is 5.13. The first kappa shape index (κ1) is 18.3. The number of ether oxygens (including phenoxy) is 1. The summed E-state index contributed by atoms with van der Waals surface area (Å²) in [5.74, 6) is 0.527. The Morgan fingerprint density at radius 1 is 1.38 bits per heavy atom. The molecule has 0 aromatic heterocycles. The number of carbonyl (C=O) groups is 2. The average molecular weight is 333 g/mol. The monoisotopic (exact) mass is 333 g/mol. The molecule has 1 aromatic carbocycles. The fourth-order valence-corrected chi connectivity index (χ4v) is 2.87. The van der Waals surface area contributed by atoms with E-state index in [1.54, 1.807) is 12.0 Å². The number of hydrogen-bond donors (Lipinski definition) is 2. The number of nitrogens with one attached hydrogen (secondary N) is 2. The summed E-state index contributed by atoms with van der Waals surface area (Å²) in [4.78, 5) is 26.2. The molecule has 6 nitrogen and oxygen atoms in total. The Hall–Kier alpha value is -2.08. The first-order valence-electron chi connectivity index (χ1n) is 8.45. The van der Waals surface area contributed by atoms with Crippen molar-refractivity contribution in [2.75, 3.05) is 26.7 Å². The predicted octanol–water partition coefficient (Wildman–Crippen LogP) is 1.16. The van der Waals surface area contributed by atoms with E-state index >= 15 is 0 Å². The Labute approximate surface area is 143 Å². The molecule has 24 heavy (non-hydrogen) atoms. The van der Waals surface area contributed by atoms with Gasteiger partial charge in [-0.3, -0.25) is 9.59 Å². The highest BCUT2D eigenvalue weighted by molar-refractivity contribution is 5.89. The van der Waals surface area contributed by atoms with Crippen molar-refractivity contribution in [3.63, 3.8) is 0 Å². The zero-order valence-electron chi connectivity index (χ0n) is 14.7. The summed E-state index contributed by atoms with van der Waals surface area (Å²) in [5, 5.41) is 6.18. The molecule has 2 rings (SSSR count). The largest absolute Gasteiger partial charge is 0.497 e. The number of hydrogen-bond acceptors (Lipinski definition) is 4. The van der Waals surface area contributed by atoms with Crippen LogP contribution in [0, 0.1) is 5.92 Å². The zero-order valence-corrected chi connectivity index (χ0v) is 14.7. The van der Waals surface area contributed by atoms with Crippen molar-refractivity contribution < 1.29 is 14.3 Å². The third-order valence-electron chi connectivity index (χ3n) is 4.25. The molecule has 1 aromatic rings. The van der Waals surface area contributed by atoms with Crippen LogP contribution in [0.2, 0.25) is 0 Å².